The first-order valence-corrected chi connectivity index (χ1v) is 8.07. The third-order valence-corrected chi connectivity index (χ3v) is 3.81. The molecule has 7 nitrogen and oxygen atoms in total. The molecule has 0 bridgehead atoms. The van der Waals surface area contributed by atoms with Crippen LogP contribution in [0.4, 0.5) is 0 Å². The van der Waals surface area contributed by atoms with Gasteiger partial charge in [0.05, 0.1) is 17.5 Å². The summed E-state index contributed by atoms with van der Waals surface area (Å²) in [5, 5.41) is 18.4. The van der Waals surface area contributed by atoms with Crippen LogP contribution in [-0.2, 0) is 4.79 Å². The minimum absolute atomic E-state index is 0.194. The van der Waals surface area contributed by atoms with E-state index in [2.05, 4.69) is 9.97 Å². The van der Waals surface area contributed by atoms with Crippen molar-refractivity contribution >= 4 is 5.97 Å². The quantitative estimate of drug-likeness (QED) is 0.704. The Balaban J connectivity index is 1.85. The molecule has 27 heavy (non-hydrogen) atoms. The fraction of sp³-hybridized carbons (Fsp3) is 0.100. The lowest BCUT2D eigenvalue weighted by atomic mass is 10.0. The highest BCUT2D eigenvalue weighted by Gasteiger charge is 2.19. The Bertz CT molecular complexity index is 1010. The smallest absolute Gasteiger partial charge is 0.310 e. The van der Waals surface area contributed by atoms with Crippen molar-refractivity contribution in [3.63, 3.8) is 0 Å². The van der Waals surface area contributed by atoms with Gasteiger partial charge in [-0.1, -0.05) is 30.3 Å². The molecule has 0 saturated heterocycles. The minimum Gasteiger partial charge on any atom is -0.481 e. The second kappa shape index (κ2) is 7.97. The number of hydrogen-bond donors (Lipinski definition) is 1. The molecule has 0 spiro atoms. The van der Waals surface area contributed by atoms with Gasteiger partial charge in [-0.2, -0.15) is 5.26 Å². The molecular weight excluding hydrogens is 346 g/mol. The highest BCUT2D eigenvalue weighted by atomic mass is 16.5. The molecule has 0 amide bonds. The van der Waals surface area contributed by atoms with Crippen LogP contribution >= 0.6 is 0 Å². The summed E-state index contributed by atoms with van der Waals surface area (Å²) >= 11 is 0. The number of nitrogens with zero attached hydrogens (tertiary/aromatic N) is 3. The first kappa shape index (κ1) is 17.9. The van der Waals surface area contributed by atoms with Crippen LogP contribution in [0.1, 0.15) is 24.0 Å². The highest BCUT2D eigenvalue weighted by molar-refractivity contribution is 5.76. The minimum atomic E-state index is -0.953. The van der Waals surface area contributed by atoms with Gasteiger partial charge < -0.3 is 14.6 Å². The van der Waals surface area contributed by atoms with Crippen molar-refractivity contribution in [2.24, 2.45) is 0 Å². The molecule has 0 saturated carbocycles. The van der Waals surface area contributed by atoms with Gasteiger partial charge in [-0.25, -0.2) is 9.97 Å². The van der Waals surface area contributed by atoms with Crippen LogP contribution in [0, 0.1) is 11.3 Å². The summed E-state index contributed by atoms with van der Waals surface area (Å²) in [5.74, 6) is -0.544. The fourth-order valence-electron chi connectivity index (χ4n) is 2.37. The Morgan fingerprint density at radius 3 is 2.30 bits per heavy atom. The number of hydrogen-bond acceptors (Lipinski definition) is 6. The maximum absolute atomic E-state index is 11.3. The lowest BCUT2D eigenvalue weighted by Gasteiger charge is -2.13. The zero-order valence-corrected chi connectivity index (χ0v) is 14.4. The summed E-state index contributed by atoms with van der Waals surface area (Å²) in [4.78, 5) is 19.4. The van der Waals surface area contributed by atoms with Crippen LogP contribution in [0.3, 0.4) is 0 Å². The second-order valence-corrected chi connectivity index (χ2v) is 5.60. The summed E-state index contributed by atoms with van der Waals surface area (Å²) in [5.41, 5.74) is 0.903. The predicted molar refractivity (Wildman–Crippen MR) is 95.8 cm³/mol. The SMILES string of the molecule is CC(C(=O)O)c1ccccc1Oc1cc(Oc2ccccc2C#N)ncn1. The van der Waals surface area contributed by atoms with Crippen molar-refractivity contribution in [2.75, 3.05) is 0 Å². The number of benzene rings is 2. The molecule has 0 aliphatic carbocycles. The molecule has 134 valence electrons. The first-order valence-electron chi connectivity index (χ1n) is 8.07. The molecule has 2 aromatic carbocycles. The number of ether oxygens (including phenoxy) is 2. The highest BCUT2D eigenvalue weighted by Crippen LogP contribution is 2.31. The van der Waals surface area contributed by atoms with E-state index in [-0.39, 0.29) is 11.8 Å². The summed E-state index contributed by atoms with van der Waals surface area (Å²) in [6, 6.07) is 17.1. The van der Waals surface area contributed by atoms with Gasteiger partial charge >= 0.3 is 5.97 Å². The molecule has 1 atom stereocenters. The fourth-order valence-corrected chi connectivity index (χ4v) is 2.37. The number of carboxylic acid groups (broad SMARTS) is 1. The van der Waals surface area contributed by atoms with E-state index in [0.29, 0.717) is 22.6 Å². The molecule has 0 radical (unpaired) electrons. The molecule has 1 unspecified atom stereocenters. The first-order chi connectivity index (χ1) is 13.1. The monoisotopic (exact) mass is 361 g/mol. The van der Waals surface area contributed by atoms with Gasteiger partial charge in [0.2, 0.25) is 11.8 Å². The number of carbonyl (C=O) groups is 1. The number of aliphatic carboxylic acids is 1. The normalized spacial score (nSPS) is 11.3. The Morgan fingerprint density at radius 1 is 1.04 bits per heavy atom. The zero-order chi connectivity index (χ0) is 19.2. The van der Waals surface area contributed by atoms with Crippen LogP contribution in [0.15, 0.2) is 60.9 Å². The topological polar surface area (TPSA) is 105 Å². The van der Waals surface area contributed by atoms with Gasteiger partial charge in [0.1, 0.15) is 23.9 Å². The van der Waals surface area contributed by atoms with E-state index in [4.69, 9.17) is 14.7 Å². The summed E-state index contributed by atoms with van der Waals surface area (Å²) in [6.07, 6.45) is 1.27. The summed E-state index contributed by atoms with van der Waals surface area (Å²) < 4.78 is 11.4. The van der Waals surface area contributed by atoms with E-state index in [1.165, 1.54) is 12.4 Å². The maximum Gasteiger partial charge on any atom is 0.310 e. The van der Waals surface area contributed by atoms with E-state index in [9.17, 15) is 9.90 Å². The molecule has 3 rings (SSSR count). The van der Waals surface area contributed by atoms with Crippen molar-refractivity contribution in [3.8, 4) is 29.3 Å². The zero-order valence-electron chi connectivity index (χ0n) is 14.4. The number of carboxylic acids is 1. The molecule has 7 heteroatoms. The Morgan fingerprint density at radius 2 is 1.63 bits per heavy atom. The number of nitriles is 1. The van der Waals surface area contributed by atoms with Gasteiger partial charge in [-0.05, 0) is 25.1 Å². The van der Waals surface area contributed by atoms with Gasteiger partial charge in [0.15, 0.2) is 0 Å². The third kappa shape index (κ3) is 4.19. The Labute approximate surface area is 155 Å². The van der Waals surface area contributed by atoms with E-state index in [0.717, 1.165) is 0 Å². The maximum atomic E-state index is 11.3. The van der Waals surface area contributed by atoms with Gasteiger partial charge in [0.25, 0.3) is 0 Å². The van der Waals surface area contributed by atoms with Gasteiger partial charge in [-0.15, -0.1) is 0 Å². The lowest BCUT2D eigenvalue weighted by molar-refractivity contribution is -0.138. The Kier molecular flexibility index (Phi) is 5.28. The lowest BCUT2D eigenvalue weighted by Crippen LogP contribution is -2.08. The average molecular weight is 361 g/mol. The standard InChI is InChI=1S/C20H15N3O4/c1-13(20(24)25)15-7-3-5-9-17(15)27-19-10-18(22-12-23-19)26-16-8-4-2-6-14(16)11-21/h2-10,12-13H,1H3,(H,24,25). The van der Waals surface area contributed by atoms with Crippen LogP contribution in [0.25, 0.3) is 0 Å². The molecular formula is C20H15N3O4. The molecule has 1 heterocycles. The second-order valence-electron chi connectivity index (χ2n) is 5.60. The molecule has 1 aromatic heterocycles. The molecule has 1 N–H and O–H groups in total. The number of para-hydroxylation sites is 2. The van der Waals surface area contributed by atoms with Crippen molar-refractivity contribution in [2.45, 2.75) is 12.8 Å². The summed E-state index contributed by atoms with van der Waals surface area (Å²) in [7, 11) is 0. The van der Waals surface area contributed by atoms with Crippen LogP contribution in [0.2, 0.25) is 0 Å². The van der Waals surface area contributed by atoms with Crippen LogP contribution in [0.5, 0.6) is 23.3 Å². The molecule has 0 fully saturated rings. The van der Waals surface area contributed by atoms with Gasteiger partial charge in [0, 0.05) is 5.56 Å². The van der Waals surface area contributed by atoms with Crippen molar-refractivity contribution in [1.29, 1.82) is 5.26 Å². The average Bonchev–Trinajstić information content (AvgIpc) is 2.68. The molecule has 0 aliphatic rings. The van der Waals surface area contributed by atoms with Crippen LogP contribution < -0.4 is 9.47 Å². The van der Waals surface area contributed by atoms with E-state index in [1.54, 1.807) is 55.5 Å². The molecule has 0 aliphatic heterocycles. The number of rotatable bonds is 6. The summed E-state index contributed by atoms with van der Waals surface area (Å²) in [6.45, 7) is 1.58. The number of aromatic nitrogens is 2. The van der Waals surface area contributed by atoms with E-state index in [1.807, 2.05) is 6.07 Å². The Hall–Kier alpha value is -3.92. The van der Waals surface area contributed by atoms with E-state index >= 15 is 0 Å². The largest absolute Gasteiger partial charge is 0.481 e. The van der Waals surface area contributed by atoms with Crippen molar-refractivity contribution in [3.05, 3.63) is 72.1 Å². The van der Waals surface area contributed by atoms with E-state index < -0.39 is 11.9 Å². The predicted octanol–water partition coefficient (Wildman–Crippen LogP) is 4.12. The van der Waals surface area contributed by atoms with Crippen molar-refractivity contribution < 1.29 is 19.4 Å². The van der Waals surface area contributed by atoms with Crippen LogP contribution in [-0.4, -0.2) is 21.0 Å². The van der Waals surface area contributed by atoms with Gasteiger partial charge in [-0.3, -0.25) is 4.79 Å². The van der Waals surface area contributed by atoms with Crippen molar-refractivity contribution in [1.82, 2.24) is 9.97 Å². The third-order valence-electron chi connectivity index (χ3n) is 3.81. The molecule has 3 aromatic rings.